The van der Waals surface area contributed by atoms with Crippen molar-refractivity contribution in [3.8, 4) is 21.8 Å². The Morgan fingerprint density at radius 2 is 1.82 bits per heavy atom. The monoisotopic (exact) mass is 490 g/mol. The molecule has 0 aliphatic heterocycles. The fourth-order valence-corrected chi connectivity index (χ4v) is 4.24. The predicted molar refractivity (Wildman–Crippen MR) is 131 cm³/mol. The zero-order valence-electron chi connectivity index (χ0n) is 18.6. The molecule has 0 fully saturated rings. The second-order valence-electron chi connectivity index (χ2n) is 7.46. The van der Waals surface area contributed by atoms with Crippen LogP contribution in [0.5, 0.6) is 0 Å². The van der Waals surface area contributed by atoms with E-state index in [4.69, 9.17) is 10.7 Å². The van der Waals surface area contributed by atoms with E-state index in [0.29, 0.717) is 29.5 Å². The van der Waals surface area contributed by atoms with Gasteiger partial charge in [-0.25, -0.2) is 9.67 Å². The second-order valence-corrected chi connectivity index (χ2v) is 8.49. The van der Waals surface area contributed by atoms with E-state index in [2.05, 4.69) is 15.7 Å². The lowest BCUT2D eigenvalue weighted by Gasteiger charge is -2.13. The number of benzene rings is 1. The average molecular weight is 491 g/mol. The normalized spacial score (nSPS) is 11.6. The summed E-state index contributed by atoms with van der Waals surface area (Å²) >= 11 is 1.29. The van der Waals surface area contributed by atoms with Gasteiger partial charge in [0, 0.05) is 31.6 Å². The lowest BCUT2D eigenvalue weighted by atomic mass is 10.1. The van der Waals surface area contributed by atoms with Gasteiger partial charge in [-0.05, 0) is 19.9 Å². The van der Waals surface area contributed by atoms with Crippen LogP contribution in [0.15, 0.2) is 47.3 Å². The van der Waals surface area contributed by atoms with Crippen molar-refractivity contribution in [3.63, 3.8) is 0 Å². The highest BCUT2D eigenvalue weighted by Gasteiger charge is 2.25. The van der Waals surface area contributed by atoms with Crippen LogP contribution in [-0.2, 0) is 9.59 Å². The molecule has 4 N–H and O–H groups in total. The highest BCUT2D eigenvalue weighted by molar-refractivity contribution is 7.15. The van der Waals surface area contributed by atoms with Gasteiger partial charge in [0.05, 0.1) is 16.6 Å². The Kier molecular flexibility index (Phi) is 9.27. The van der Waals surface area contributed by atoms with Crippen LogP contribution in [-0.4, -0.2) is 39.7 Å². The van der Waals surface area contributed by atoms with Gasteiger partial charge in [0.15, 0.2) is 0 Å². The Hall–Kier alpha value is -3.08. The Labute approximate surface area is 201 Å². The number of nitrogens with one attached hydrogen (secondary N) is 2. The zero-order valence-corrected chi connectivity index (χ0v) is 20.2. The van der Waals surface area contributed by atoms with Crippen molar-refractivity contribution in [3.05, 3.63) is 57.8 Å². The molecule has 33 heavy (non-hydrogen) atoms. The van der Waals surface area contributed by atoms with Crippen LogP contribution in [0.1, 0.15) is 37.9 Å². The van der Waals surface area contributed by atoms with Crippen LogP contribution in [0.4, 0.5) is 0 Å². The van der Waals surface area contributed by atoms with Gasteiger partial charge in [-0.2, -0.15) is 5.10 Å². The molecule has 1 unspecified atom stereocenters. The van der Waals surface area contributed by atoms with Crippen molar-refractivity contribution in [2.75, 3.05) is 13.1 Å². The summed E-state index contributed by atoms with van der Waals surface area (Å²) in [5.41, 5.74) is 7.55. The van der Waals surface area contributed by atoms with Gasteiger partial charge in [0.2, 0.25) is 11.8 Å². The van der Waals surface area contributed by atoms with E-state index in [-0.39, 0.29) is 29.9 Å². The number of hydrogen-bond acceptors (Lipinski definition) is 7. The highest BCUT2D eigenvalue weighted by atomic mass is 35.5. The van der Waals surface area contributed by atoms with E-state index in [0.717, 1.165) is 10.4 Å². The molecule has 3 aromatic rings. The van der Waals surface area contributed by atoms with Gasteiger partial charge < -0.3 is 11.1 Å². The summed E-state index contributed by atoms with van der Waals surface area (Å²) in [5.74, 6) is -0.732. The third-order valence-corrected chi connectivity index (χ3v) is 5.76. The summed E-state index contributed by atoms with van der Waals surface area (Å²) in [7, 11) is 0. The van der Waals surface area contributed by atoms with Gasteiger partial charge in [-0.15, -0.1) is 23.7 Å². The minimum atomic E-state index is -0.832. The van der Waals surface area contributed by atoms with Crippen LogP contribution >= 0.6 is 23.7 Å². The molecular formula is C22H27ClN6O3S. The number of aromatic nitrogens is 3. The van der Waals surface area contributed by atoms with E-state index < -0.39 is 11.9 Å². The molecule has 2 heterocycles. The quantitative estimate of drug-likeness (QED) is 0.394. The maximum Gasteiger partial charge on any atom is 0.267 e. The summed E-state index contributed by atoms with van der Waals surface area (Å²) in [6.07, 6.45) is 0. The molecule has 9 nitrogen and oxygen atoms in total. The molecular weight excluding hydrogens is 464 g/mol. The first-order valence-electron chi connectivity index (χ1n) is 10.2. The van der Waals surface area contributed by atoms with Crippen molar-refractivity contribution in [1.82, 2.24) is 25.4 Å². The number of amides is 2. The summed E-state index contributed by atoms with van der Waals surface area (Å²) in [4.78, 5) is 40.9. The molecule has 1 atom stereocenters. The molecule has 11 heteroatoms. The van der Waals surface area contributed by atoms with Crippen LogP contribution < -0.4 is 21.9 Å². The number of hydrogen-bond donors (Lipinski definition) is 3. The molecule has 3 rings (SSSR count). The maximum absolute atomic E-state index is 12.2. The molecule has 2 amide bonds. The molecule has 0 radical (unpaired) electrons. The fraction of sp³-hybridized carbons (Fsp3) is 0.318. The molecule has 0 saturated carbocycles. The first-order valence-corrected chi connectivity index (χ1v) is 11.0. The summed E-state index contributed by atoms with van der Waals surface area (Å²) < 4.78 is 1.42. The Balaban J connectivity index is 0.00000385. The fourth-order valence-electron chi connectivity index (χ4n) is 3.11. The topological polar surface area (TPSA) is 132 Å². The van der Waals surface area contributed by atoms with Crippen LogP contribution in [0, 0.1) is 0 Å². The summed E-state index contributed by atoms with van der Waals surface area (Å²) in [6.45, 7) is 5.89. The maximum atomic E-state index is 12.2. The SMILES string of the molecule is CC(=O)NCCNC(C(N)=O)c1nc(-c2ccccc2)c(-c2ccc(=O)n(C(C)C)n2)s1.Cl. The number of nitrogens with two attached hydrogens (primary N) is 1. The van der Waals surface area contributed by atoms with Crippen LogP contribution in [0.3, 0.4) is 0 Å². The Morgan fingerprint density at radius 1 is 1.12 bits per heavy atom. The molecule has 0 aliphatic rings. The smallest absolute Gasteiger partial charge is 0.267 e. The highest BCUT2D eigenvalue weighted by Crippen LogP contribution is 2.37. The van der Waals surface area contributed by atoms with E-state index in [1.54, 1.807) is 6.07 Å². The van der Waals surface area contributed by atoms with E-state index in [1.165, 1.54) is 29.0 Å². The van der Waals surface area contributed by atoms with Crippen LogP contribution in [0.2, 0.25) is 0 Å². The molecule has 2 aromatic heterocycles. The number of carbonyl (C=O) groups excluding carboxylic acids is 2. The lowest BCUT2D eigenvalue weighted by Crippen LogP contribution is -2.38. The standard InChI is InChI=1S/C22H26N6O3S.ClH/c1-13(2)28-17(30)10-9-16(27-28)20-18(15-7-5-4-6-8-15)26-22(32-20)19(21(23)31)25-12-11-24-14(3)29;/h4-10,13,19,25H,11-12H2,1-3H3,(H2,23,31)(H,24,29);1H. The molecule has 176 valence electrons. The Bertz CT molecular complexity index is 1160. The molecule has 0 bridgehead atoms. The van der Waals surface area contributed by atoms with E-state index in [1.807, 2.05) is 44.2 Å². The van der Waals surface area contributed by atoms with Crippen LogP contribution in [0.25, 0.3) is 21.8 Å². The summed E-state index contributed by atoms with van der Waals surface area (Å²) in [6, 6.07) is 11.8. The van der Waals surface area contributed by atoms with Gasteiger partial charge in [-0.3, -0.25) is 19.7 Å². The zero-order chi connectivity index (χ0) is 23.3. The van der Waals surface area contributed by atoms with Gasteiger partial charge in [-0.1, -0.05) is 30.3 Å². The molecule has 1 aromatic carbocycles. The van der Waals surface area contributed by atoms with Gasteiger partial charge in [0.25, 0.3) is 5.56 Å². The molecule has 0 saturated heterocycles. The van der Waals surface area contributed by atoms with Gasteiger partial charge in [0.1, 0.15) is 16.7 Å². The van der Waals surface area contributed by atoms with Crippen molar-refractivity contribution in [1.29, 1.82) is 0 Å². The second kappa shape index (κ2) is 11.7. The third-order valence-electron chi connectivity index (χ3n) is 4.62. The Morgan fingerprint density at radius 3 is 2.42 bits per heavy atom. The molecule has 0 spiro atoms. The van der Waals surface area contributed by atoms with Crippen molar-refractivity contribution >= 4 is 35.6 Å². The van der Waals surface area contributed by atoms with Crippen molar-refractivity contribution in [2.24, 2.45) is 5.73 Å². The van der Waals surface area contributed by atoms with Crippen molar-refractivity contribution in [2.45, 2.75) is 32.9 Å². The lowest BCUT2D eigenvalue weighted by molar-refractivity contribution is -0.120. The number of carbonyl (C=O) groups is 2. The number of thiazole rings is 1. The number of halogens is 1. The average Bonchev–Trinajstić information content (AvgIpc) is 3.19. The number of primary amides is 1. The largest absolute Gasteiger partial charge is 0.368 e. The van der Waals surface area contributed by atoms with E-state index >= 15 is 0 Å². The first kappa shape index (κ1) is 26.2. The minimum Gasteiger partial charge on any atom is -0.368 e. The third kappa shape index (κ3) is 6.47. The molecule has 0 aliphatic carbocycles. The number of rotatable bonds is 9. The number of nitrogens with zero attached hydrogens (tertiary/aromatic N) is 3. The minimum absolute atomic E-state index is 0. The van der Waals surface area contributed by atoms with Crippen molar-refractivity contribution < 1.29 is 9.59 Å². The summed E-state index contributed by atoms with van der Waals surface area (Å²) in [5, 5.41) is 10.7. The first-order chi connectivity index (χ1) is 15.3. The van der Waals surface area contributed by atoms with E-state index in [9.17, 15) is 14.4 Å². The van der Waals surface area contributed by atoms with Gasteiger partial charge >= 0.3 is 0 Å². The predicted octanol–water partition coefficient (Wildman–Crippen LogP) is 2.29.